The molecule has 132 valence electrons. The van der Waals surface area contributed by atoms with Crippen molar-refractivity contribution in [2.75, 3.05) is 39.4 Å². The molecule has 1 aromatic rings. The highest BCUT2D eigenvalue weighted by molar-refractivity contribution is 6.30. The molecule has 0 bridgehead atoms. The number of rotatable bonds is 4. The van der Waals surface area contributed by atoms with Crippen molar-refractivity contribution in [1.82, 2.24) is 9.80 Å². The van der Waals surface area contributed by atoms with Gasteiger partial charge in [-0.2, -0.15) is 0 Å². The average Bonchev–Trinajstić information content (AvgIpc) is 2.61. The van der Waals surface area contributed by atoms with E-state index in [-0.39, 0.29) is 0 Å². The highest BCUT2D eigenvalue weighted by Gasteiger charge is 2.23. The van der Waals surface area contributed by atoms with Crippen molar-refractivity contribution in [3.8, 4) is 0 Å². The minimum atomic E-state index is 0.456. The Morgan fingerprint density at radius 3 is 2.88 bits per heavy atom. The van der Waals surface area contributed by atoms with Crippen LogP contribution in [0.3, 0.4) is 0 Å². The van der Waals surface area contributed by atoms with Crippen molar-refractivity contribution in [3.05, 3.63) is 34.9 Å². The number of guanidine groups is 1. The summed E-state index contributed by atoms with van der Waals surface area (Å²) in [7, 11) is 0. The van der Waals surface area contributed by atoms with Gasteiger partial charge in [-0.3, -0.25) is 9.89 Å². The number of benzene rings is 1. The van der Waals surface area contributed by atoms with E-state index in [2.05, 4.69) is 26.9 Å². The normalized spacial score (nSPS) is 23.5. The van der Waals surface area contributed by atoms with Gasteiger partial charge in [0.05, 0.1) is 19.8 Å². The highest BCUT2D eigenvalue weighted by atomic mass is 35.5. The number of piperidine rings is 1. The fraction of sp³-hybridized carbons (Fsp3) is 0.611. The fourth-order valence-electron chi connectivity index (χ4n) is 3.44. The van der Waals surface area contributed by atoms with Crippen molar-refractivity contribution < 1.29 is 4.74 Å². The van der Waals surface area contributed by atoms with Gasteiger partial charge >= 0.3 is 0 Å². The molecule has 2 aliphatic rings. The first-order valence-electron chi connectivity index (χ1n) is 8.83. The van der Waals surface area contributed by atoms with Crippen LogP contribution in [0.2, 0.25) is 5.02 Å². The first-order chi connectivity index (χ1) is 11.7. The molecule has 0 amide bonds. The van der Waals surface area contributed by atoms with Crippen LogP contribution in [-0.2, 0) is 11.3 Å². The van der Waals surface area contributed by atoms with E-state index in [9.17, 15) is 0 Å². The second-order valence-electron chi connectivity index (χ2n) is 6.55. The monoisotopic (exact) mass is 350 g/mol. The van der Waals surface area contributed by atoms with Crippen molar-refractivity contribution >= 4 is 17.6 Å². The molecule has 24 heavy (non-hydrogen) atoms. The molecule has 1 unspecified atom stereocenters. The van der Waals surface area contributed by atoms with E-state index >= 15 is 0 Å². The summed E-state index contributed by atoms with van der Waals surface area (Å²) >= 11 is 6.12. The van der Waals surface area contributed by atoms with E-state index in [1.165, 1.54) is 24.8 Å². The van der Waals surface area contributed by atoms with E-state index in [0.29, 0.717) is 12.0 Å². The molecule has 2 saturated heterocycles. The summed E-state index contributed by atoms with van der Waals surface area (Å²) in [5, 5.41) is 0.802. The van der Waals surface area contributed by atoms with E-state index < -0.39 is 0 Å². The number of ether oxygens (including phenoxy) is 1. The molecule has 0 spiro atoms. The minimum Gasteiger partial charge on any atom is -0.378 e. The maximum absolute atomic E-state index is 6.17. The standard InChI is InChI=1S/C18H27ClN4O/c19-16-5-3-4-15(12-16)14-23-7-2-1-6-17(23)13-21-18(20)22-8-10-24-11-9-22/h3-5,12,17H,1-2,6-11,13-14H2,(H2,20,21). The van der Waals surface area contributed by atoms with Gasteiger partial charge in [-0.1, -0.05) is 30.2 Å². The molecule has 1 atom stereocenters. The summed E-state index contributed by atoms with van der Waals surface area (Å²) < 4.78 is 5.37. The largest absolute Gasteiger partial charge is 0.378 e. The van der Waals surface area contributed by atoms with Crippen LogP contribution in [0.1, 0.15) is 24.8 Å². The number of hydrogen-bond acceptors (Lipinski definition) is 3. The van der Waals surface area contributed by atoms with Crippen LogP contribution >= 0.6 is 11.6 Å². The highest BCUT2D eigenvalue weighted by Crippen LogP contribution is 2.21. The molecule has 0 saturated carbocycles. The smallest absolute Gasteiger partial charge is 0.191 e. The molecule has 2 fully saturated rings. The summed E-state index contributed by atoms with van der Waals surface area (Å²) in [6.07, 6.45) is 3.70. The minimum absolute atomic E-state index is 0.456. The Kier molecular flexibility index (Phi) is 6.35. The number of nitrogens with zero attached hydrogens (tertiary/aromatic N) is 3. The Hall–Kier alpha value is -1.30. The Labute approximate surface area is 149 Å². The number of morpholine rings is 1. The van der Waals surface area contributed by atoms with Crippen molar-refractivity contribution in [3.63, 3.8) is 0 Å². The second-order valence-corrected chi connectivity index (χ2v) is 6.98. The molecule has 0 aliphatic carbocycles. The zero-order valence-corrected chi connectivity index (χ0v) is 14.9. The third-order valence-electron chi connectivity index (χ3n) is 4.82. The zero-order valence-electron chi connectivity index (χ0n) is 14.2. The fourth-order valence-corrected chi connectivity index (χ4v) is 3.65. The van der Waals surface area contributed by atoms with Gasteiger partial charge in [0.2, 0.25) is 0 Å². The van der Waals surface area contributed by atoms with Gasteiger partial charge in [-0.25, -0.2) is 0 Å². The van der Waals surface area contributed by atoms with E-state index in [4.69, 9.17) is 22.1 Å². The molecule has 0 aromatic heterocycles. The quantitative estimate of drug-likeness (QED) is 0.669. The molecule has 2 aliphatic heterocycles. The topological polar surface area (TPSA) is 54.1 Å². The van der Waals surface area contributed by atoms with E-state index in [1.807, 2.05) is 12.1 Å². The van der Waals surface area contributed by atoms with Crippen molar-refractivity contribution in [2.24, 2.45) is 10.7 Å². The summed E-state index contributed by atoms with van der Waals surface area (Å²) in [5.74, 6) is 0.659. The molecule has 2 heterocycles. The Bertz CT molecular complexity index is 560. The third-order valence-corrected chi connectivity index (χ3v) is 5.06. The maximum Gasteiger partial charge on any atom is 0.191 e. The Morgan fingerprint density at radius 2 is 2.08 bits per heavy atom. The zero-order chi connectivity index (χ0) is 16.8. The number of aliphatic imine (C=N–C) groups is 1. The molecule has 5 nitrogen and oxygen atoms in total. The molecule has 2 N–H and O–H groups in total. The molecular weight excluding hydrogens is 324 g/mol. The molecule has 3 rings (SSSR count). The first kappa shape index (κ1) is 17.5. The number of hydrogen-bond donors (Lipinski definition) is 1. The van der Waals surface area contributed by atoms with Gasteiger partial charge in [0.15, 0.2) is 5.96 Å². The molecule has 0 radical (unpaired) electrons. The number of halogens is 1. The van der Waals surface area contributed by atoms with Crippen molar-refractivity contribution in [1.29, 1.82) is 0 Å². The van der Waals surface area contributed by atoms with Gasteiger partial charge in [0.1, 0.15) is 0 Å². The maximum atomic E-state index is 6.17. The summed E-state index contributed by atoms with van der Waals surface area (Å²) in [6.45, 7) is 5.96. The number of nitrogens with two attached hydrogens (primary N) is 1. The lowest BCUT2D eigenvalue weighted by Crippen LogP contribution is -2.46. The van der Waals surface area contributed by atoms with Crippen LogP contribution in [0.5, 0.6) is 0 Å². The van der Waals surface area contributed by atoms with Gasteiger partial charge in [-0.15, -0.1) is 0 Å². The SMILES string of the molecule is NC(=NCC1CCCCN1Cc1cccc(Cl)c1)N1CCOCC1. The lowest BCUT2D eigenvalue weighted by molar-refractivity contribution is 0.0672. The Balaban J connectivity index is 1.59. The van der Waals surface area contributed by atoms with Crippen LogP contribution in [0.4, 0.5) is 0 Å². The lowest BCUT2D eigenvalue weighted by atomic mass is 10.0. The summed E-state index contributed by atoms with van der Waals surface area (Å²) in [6, 6.07) is 8.59. The van der Waals surface area contributed by atoms with Crippen LogP contribution < -0.4 is 5.73 Å². The molecular formula is C18H27ClN4O. The van der Waals surface area contributed by atoms with E-state index in [0.717, 1.165) is 51.0 Å². The lowest BCUT2D eigenvalue weighted by Gasteiger charge is -2.35. The second kappa shape index (κ2) is 8.70. The van der Waals surface area contributed by atoms with Crippen LogP contribution in [0.15, 0.2) is 29.3 Å². The van der Waals surface area contributed by atoms with Gasteiger partial charge in [-0.05, 0) is 37.1 Å². The predicted molar refractivity (Wildman–Crippen MR) is 98.4 cm³/mol. The summed E-state index contributed by atoms with van der Waals surface area (Å²) in [5.41, 5.74) is 7.43. The number of likely N-dealkylation sites (tertiary alicyclic amines) is 1. The summed E-state index contributed by atoms with van der Waals surface area (Å²) in [4.78, 5) is 9.32. The van der Waals surface area contributed by atoms with Crippen LogP contribution in [0, 0.1) is 0 Å². The molecule has 1 aromatic carbocycles. The van der Waals surface area contributed by atoms with Gasteiger partial charge < -0.3 is 15.4 Å². The predicted octanol–water partition coefficient (Wildman–Crippen LogP) is 2.34. The Morgan fingerprint density at radius 1 is 1.25 bits per heavy atom. The average molecular weight is 351 g/mol. The molecule has 6 heteroatoms. The van der Waals surface area contributed by atoms with E-state index in [1.54, 1.807) is 0 Å². The third kappa shape index (κ3) is 4.85. The van der Waals surface area contributed by atoms with Crippen molar-refractivity contribution in [2.45, 2.75) is 31.8 Å². The van der Waals surface area contributed by atoms with Gasteiger partial charge in [0, 0.05) is 30.7 Å². The van der Waals surface area contributed by atoms with Crippen LogP contribution in [-0.4, -0.2) is 61.2 Å². The van der Waals surface area contributed by atoms with Gasteiger partial charge in [0.25, 0.3) is 0 Å². The van der Waals surface area contributed by atoms with Crippen LogP contribution in [0.25, 0.3) is 0 Å². The first-order valence-corrected chi connectivity index (χ1v) is 9.21.